The summed E-state index contributed by atoms with van der Waals surface area (Å²) in [6, 6.07) is -0.237. The van der Waals surface area contributed by atoms with Gasteiger partial charge in [0, 0.05) is 17.5 Å². The van der Waals surface area contributed by atoms with Gasteiger partial charge in [-0.1, -0.05) is 6.92 Å². The predicted molar refractivity (Wildman–Crippen MR) is 72.8 cm³/mol. The number of hydrogen-bond donors (Lipinski definition) is 1. The van der Waals surface area contributed by atoms with Gasteiger partial charge >= 0.3 is 6.18 Å². The molecule has 3 nitrogen and oxygen atoms in total. The Kier molecular flexibility index (Phi) is 5.61. The number of anilines is 1. The molecule has 1 aromatic rings. The zero-order chi connectivity index (χ0) is 14.6. The number of rotatable bonds is 6. The average molecular weight is 295 g/mol. The number of aryl methyl sites for hydroxylation is 1. The van der Waals surface area contributed by atoms with Gasteiger partial charge in [0.2, 0.25) is 0 Å². The van der Waals surface area contributed by atoms with Gasteiger partial charge in [0.15, 0.2) is 5.13 Å². The molecule has 7 heteroatoms. The van der Waals surface area contributed by atoms with Crippen LogP contribution in [-0.2, 0) is 6.54 Å². The zero-order valence-electron chi connectivity index (χ0n) is 11.6. The minimum atomic E-state index is -4.22. The molecule has 0 saturated carbocycles. The molecule has 0 aliphatic rings. The molecule has 0 saturated heterocycles. The van der Waals surface area contributed by atoms with E-state index in [4.69, 9.17) is 0 Å². The van der Waals surface area contributed by atoms with E-state index in [9.17, 15) is 13.2 Å². The number of nitrogens with one attached hydrogen (secondary N) is 1. The van der Waals surface area contributed by atoms with Crippen molar-refractivity contribution in [1.82, 2.24) is 10.3 Å². The van der Waals surface area contributed by atoms with Crippen LogP contribution in [0.2, 0.25) is 0 Å². The van der Waals surface area contributed by atoms with E-state index in [0.29, 0.717) is 11.7 Å². The summed E-state index contributed by atoms with van der Waals surface area (Å²) in [6.45, 7) is 7.82. The number of thiazole rings is 1. The maximum absolute atomic E-state index is 12.6. The molecule has 1 aromatic heterocycles. The largest absolute Gasteiger partial charge is 0.406 e. The van der Waals surface area contributed by atoms with Crippen LogP contribution in [0.4, 0.5) is 18.3 Å². The van der Waals surface area contributed by atoms with Crippen LogP contribution in [0.15, 0.2) is 0 Å². The third-order valence-corrected chi connectivity index (χ3v) is 3.83. The van der Waals surface area contributed by atoms with Gasteiger partial charge in [-0.05, 0) is 27.3 Å². The highest BCUT2D eigenvalue weighted by Gasteiger charge is 2.33. The number of alkyl halides is 3. The van der Waals surface area contributed by atoms with Gasteiger partial charge < -0.3 is 10.2 Å². The van der Waals surface area contributed by atoms with Crippen LogP contribution in [0.3, 0.4) is 0 Å². The van der Waals surface area contributed by atoms with Crippen molar-refractivity contribution in [3.8, 4) is 0 Å². The van der Waals surface area contributed by atoms with Gasteiger partial charge in [0.05, 0.1) is 5.69 Å². The third-order valence-electron chi connectivity index (χ3n) is 2.64. The summed E-state index contributed by atoms with van der Waals surface area (Å²) in [7, 11) is 0. The highest BCUT2D eigenvalue weighted by molar-refractivity contribution is 7.15. The van der Waals surface area contributed by atoms with Gasteiger partial charge in [-0.3, -0.25) is 0 Å². The normalized spacial score (nSPS) is 12.2. The predicted octanol–water partition coefficient (Wildman–Crippen LogP) is 3.34. The smallest absolute Gasteiger partial charge is 0.337 e. The fraction of sp³-hybridized carbons (Fsp3) is 0.750. The Bertz CT molecular complexity index is 401. The van der Waals surface area contributed by atoms with E-state index >= 15 is 0 Å². The Morgan fingerprint density at radius 3 is 2.47 bits per heavy atom. The molecule has 0 aromatic carbocycles. The topological polar surface area (TPSA) is 28.2 Å². The van der Waals surface area contributed by atoms with E-state index in [1.165, 1.54) is 16.2 Å². The van der Waals surface area contributed by atoms with Crippen LogP contribution in [0.25, 0.3) is 0 Å². The van der Waals surface area contributed by atoms with Crippen LogP contribution in [-0.4, -0.2) is 30.3 Å². The molecule has 1 rings (SSSR count). The van der Waals surface area contributed by atoms with E-state index in [-0.39, 0.29) is 6.04 Å². The number of nitrogens with zero attached hydrogens (tertiary/aromatic N) is 2. The van der Waals surface area contributed by atoms with Crippen molar-refractivity contribution in [3.63, 3.8) is 0 Å². The van der Waals surface area contributed by atoms with Crippen molar-refractivity contribution in [2.75, 3.05) is 18.0 Å². The molecule has 0 aliphatic heterocycles. The van der Waals surface area contributed by atoms with E-state index in [2.05, 4.69) is 10.3 Å². The zero-order valence-corrected chi connectivity index (χ0v) is 12.5. The van der Waals surface area contributed by atoms with Gasteiger partial charge in [-0.2, -0.15) is 13.2 Å². The Labute approximate surface area is 115 Å². The number of halogens is 3. The van der Waals surface area contributed by atoms with Crippen molar-refractivity contribution in [1.29, 1.82) is 0 Å². The fourth-order valence-electron chi connectivity index (χ4n) is 1.60. The summed E-state index contributed by atoms with van der Waals surface area (Å²) in [4.78, 5) is 6.56. The first-order chi connectivity index (χ1) is 8.74. The van der Waals surface area contributed by atoms with Crippen LogP contribution in [0.5, 0.6) is 0 Å². The molecule has 1 N–H and O–H groups in total. The molecule has 0 aliphatic carbocycles. The summed E-state index contributed by atoms with van der Waals surface area (Å²) in [6.07, 6.45) is -4.22. The summed E-state index contributed by atoms with van der Waals surface area (Å²) in [5.74, 6) is 0. The van der Waals surface area contributed by atoms with E-state index < -0.39 is 12.7 Å². The Morgan fingerprint density at radius 1 is 1.37 bits per heavy atom. The van der Waals surface area contributed by atoms with Crippen molar-refractivity contribution < 1.29 is 13.2 Å². The molecule has 0 bridgehead atoms. The van der Waals surface area contributed by atoms with Crippen molar-refractivity contribution in [2.45, 2.75) is 46.5 Å². The van der Waals surface area contributed by atoms with Crippen molar-refractivity contribution in [2.24, 2.45) is 0 Å². The first kappa shape index (κ1) is 16.2. The molecular weight excluding hydrogens is 275 g/mol. The Balaban J connectivity index is 2.91. The van der Waals surface area contributed by atoms with Crippen molar-refractivity contribution in [3.05, 3.63) is 10.6 Å². The molecule has 110 valence electrons. The van der Waals surface area contributed by atoms with E-state index in [1.807, 2.05) is 13.8 Å². The molecule has 19 heavy (non-hydrogen) atoms. The summed E-state index contributed by atoms with van der Waals surface area (Å²) in [5, 5.41) is 3.61. The summed E-state index contributed by atoms with van der Waals surface area (Å²) in [5.41, 5.74) is 0.800. The first-order valence-electron chi connectivity index (χ1n) is 6.25. The monoisotopic (exact) mass is 295 g/mol. The quantitative estimate of drug-likeness (QED) is 0.872. The Hall–Kier alpha value is -0.820. The van der Waals surface area contributed by atoms with Gasteiger partial charge in [0.1, 0.15) is 6.54 Å². The van der Waals surface area contributed by atoms with Crippen molar-refractivity contribution >= 4 is 16.5 Å². The highest BCUT2D eigenvalue weighted by atomic mass is 32.1. The van der Waals surface area contributed by atoms with Crippen LogP contribution in [0, 0.1) is 6.92 Å². The van der Waals surface area contributed by atoms with Gasteiger partial charge in [0.25, 0.3) is 0 Å². The lowest BCUT2D eigenvalue weighted by Crippen LogP contribution is -2.39. The summed E-state index contributed by atoms with van der Waals surface area (Å²) >= 11 is 1.33. The second kappa shape index (κ2) is 6.56. The first-order valence-corrected chi connectivity index (χ1v) is 7.06. The van der Waals surface area contributed by atoms with Gasteiger partial charge in [-0.15, -0.1) is 11.3 Å². The fourth-order valence-corrected chi connectivity index (χ4v) is 2.77. The SMILES string of the molecule is CCNCc1sc(N(CC(F)(F)F)C(C)C)nc1C. The van der Waals surface area contributed by atoms with Gasteiger partial charge in [-0.25, -0.2) is 4.98 Å². The number of aromatic nitrogens is 1. The Morgan fingerprint density at radius 2 is 2.00 bits per heavy atom. The maximum atomic E-state index is 12.6. The van der Waals surface area contributed by atoms with E-state index in [1.54, 1.807) is 13.8 Å². The highest BCUT2D eigenvalue weighted by Crippen LogP contribution is 2.30. The number of hydrogen-bond acceptors (Lipinski definition) is 4. The molecule has 1 heterocycles. The molecule has 0 atom stereocenters. The second-order valence-electron chi connectivity index (χ2n) is 4.62. The molecule has 0 amide bonds. The summed E-state index contributed by atoms with van der Waals surface area (Å²) < 4.78 is 37.8. The van der Waals surface area contributed by atoms with E-state index in [0.717, 1.165) is 17.1 Å². The molecule has 0 unspecified atom stereocenters. The molecule has 0 radical (unpaired) electrons. The van der Waals surface area contributed by atoms with Crippen LogP contribution >= 0.6 is 11.3 Å². The lowest BCUT2D eigenvalue weighted by molar-refractivity contribution is -0.120. The van der Waals surface area contributed by atoms with Crippen LogP contribution in [0.1, 0.15) is 31.3 Å². The lowest BCUT2D eigenvalue weighted by Gasteiger charge is -2.27. The lowest BCUT2D eigenvalue weighted by atomic mass is 10.3. The maximum Gasteiger partial charge on any atom is 0.406 e. The third kappa shape index (κ3) is 4.99. The minimum absolute atomic E-state index is 0.237. The van der Waals surface area contributed by atoms with Crippen LogP contribution < -0.4 is 10.2 Å². The standard InChI is InChI=1S/C12H20F3N3S/c1-5-16-6-10-9(4)17-11(19-10)18(8(2)3)7-12(13,14)15/h8,16H,5-7H2,1-4H3. The minimum Gasteiger partial charge on any atom is -0.337 e. The molecule has 0 spiro atoms. The second-order valence-corrected chi connectivity index (χ2v) is 5.68. The average Bonchev–Trinajstić information content (AvgIpc) is 2.63. The molecular formula is C12H20F3N3S. The molecule has 0 fully saturated rings.